The Morgan fingerprint density at radius 1 is 1.40 bits per heavy atom. The van der Waals surface area contributed by atoms with Crippen molar-refractivity contribution in [2.24, 2.45) is 0 Å². The van der Waals surface area contributed by atoms with E-state index in [1.54, 1.807) is 6.26 Å². The highest BCUT2D eigenvalue weighted by molar-refractivity contribution is 7.79. The highest BCUT2D eigenvalue weighted by Crippen LogP contribution is 1.96. The lowest BCUT2D eigenvalue weighted by Gasteiger charge is -1.97. The number of aliphatic carboxylic acids is 1. The van der Waals surface area contributed by atoms with Gasteiger partial charge in [-0.05, 0) is 19.1 Å². The first-order valence-electron chi connectivity index (χ1n) is 3.42. The molecule has 0 spiro atoms. The number of unbranched alkanes of at least 4 members (excludes halogenated alkanes) is 2. The molecule has 0 aromatic carbocycles. The summed E-state index contributed by atoms with van der Waals surface area (Å²) in [6.45, 7) is 2.04. The van der Waals surface area contributed by atoms with Crippen LogP contribution in [0.4, 0.5) is 0 Å². The molecule has 0 amide bonds. The van der Waals surface area contributed by atoms with Crippen LogP contribution in [0.3, 0.4) is 0 Å². The molecule has 0 saturated carbocycles. The Balaban J connectivity index is 0. The molecule has 0 rings (SSSR count). The number of rotatable bonds is 4. The molecular weight excluding hydrogens is 148 g/mol. The van der Waals surface area contributed by atoms with Crippen LogP contribution in [0.5, 0.6) is 0 Å². The number of carboxylic acids is 1. The summed E-state index contributed by atoms with van der Waals surface area (Å²) in [6, 6.07) is 0. The van der Waals surface area contributed by atoms with Gasteiger partial charge in [0.2, 0.25) is 0 Å². The van der Waals surface area contributed by atoms with Crippen molar-refractivity contribution in [3.8, 4) is 0 Å². The fourth-order valence-corrected chi connectivity index (χ4v) is 0.519. The van der Waals surface area contributed by atoms with Gasteiger partial charge in [-0.1, -0.05) is 19.8 Å². The second-order valence-electron chi connectivity index (χ2n) is 1.83. The highest BCUT2D eigenvalue weighted by atomic mass is 32.1. The predicted molar refractivity (Wildman–Crippen MR) is 44.1 cm³/mol. The van der Waals surface area contributed by atoms with E-state index in [4.69, 9.17) is 0 Å². The van der Waals surface area contributed by atoms with Gasteiger partial charge in [-0.25, -0.2) is 0 Å². The first-order valence-corrected chi connectivity index (χ1v) is 4.31. The molecule has 0 atom stereocenters. The van der Waals surface area contributed by atoms with Crippen molar-refractivity contribution in [3.05, 3.63) is 0 Å². The van der Waals surface area contributed by atoms with E-state index in [1.807, 2.05) is 6.92 Å². The molecule has 10 heavy (non-hydrogen) atoms. The van der Waals surface area contributed by atoms with Crippen molar-refractivity contribution in [2.75, 3.05) is 6.26 Å². The number of carbonyl (C=O) groups is 1. The first-order chi connectivity index (χ1) is 4.77. The molecule has 0 aliphatic heterocycles. The van der Waals surface area contributed by atoms with Crippen LogP contribution in [-0.2, 0) is 4.79 Å². The van der Waals surface area contributed by atoms with Gasteiger partial charge in [0.05, 0.1) is 0 Å². The highest BCUT2D eigenvalue weighted by Gasteiger charge is 1.84. The summed E-state index contributed by atoms with van der Waals surface area (Å²) in [7, 11) is 0. The second kappa shape index (κ2) is 11.6. The molecule has 0 unspecified atom stereocenters. The molecule has 0 N–H and O–H groups in total. The Morgan fingerprint density at radius 2 is 1.90 bits per heavy atom. The SMILES string of the molecule is CCCCCC(=O)[O-].CS. The zero-order chi connectivity index (χ0) is 8.41. The summed E-state index contributed by atoms with van der Waals surface area (Å²) in [5, 5.41) is 9.76. The zero-order valence-electron chi connectivity index (χ0n) is 6.59. The van der Waals surface area contributed by atoms with Crippen molar-refractivity contribution in [1.29, 1.82) is 0 Å². The molecule has 62 valence electrons. The summed E-state index contributed by atoms with van der Waals surface area (Å²) in [4.78, 5) is 9.76. The van der Waals surface area contributed by atoms with Crippen LogP contribution in [0, 0.1) is 0 Å². The number of carboxylic acid groups (broad SMARTS) is 1. The maximum absolute atomic E-state index is 9.76. The third kappa shape index (κ3) is 15.7. The standard InChI is InChI=1S/C6H12O2.CH4S/c1-2-3-4-5-6(7)8;1-2/h2-5H2,1H3,(H,7,8);2H,1H3/p-1. The predicted octanol–water partition coefficient (Wildman–Crippen LogP) is 0.863. The van der Waals surface area contributed by atoms with E-state index < -0.39 is 5.97 Å². The topological polar surface area (TPSA) is 40.1 Å². The Morgan fingerprint density at radius 3 is 2.20 bits per heavy atom. The molecule has 0 aliphatic rings. The van der Waals surface area contributed by atoms with Gasteiger partial charge in [0.15, 0.2) is 0 Å². The largest absolute Gasteiger partial charge is 0.550 e. The Hall–Kier alpha value is -0.180. The minimum atomic E-state index is -0.932. The van der Waals surface area contributed by atoms with Crippen molar-refractivity contribution in [3.63, 3.8) is 0 Å². The van der Waals surface area contributed by atoms with Gasteiger partial charge in [-0.2, -0.15) is 12.6 Å². The second-order valence-corrected chi connectivity index (χ2v) is 1.83. The van der Waals surface area contributed by atoms with Crippen LogP contribution in [0.2, 0.25) is 0 Å². The number of carbonyl (C=O) groups excluding carboxylic acids is 1. The van der Waals surface area contributed by atoms with Gasteiger partial charge in [0.1, 0.15) is 0 Å². The van der Waals surface area contributed by atoms with Crippen LogP contribution in [0.1, 0.15) is 32.6 Å². The van der Waals surface area contributed by atoms with Gasteiger partial charge in [0.25, 0.3) is 0 Å². The molecule has 2 nitrogen and oxygen atoms in total. The van der Waals surface area contributed by atoms with Crippen LogP contribution >= 0.6 is 12.6 Å². The van der Waals surface area contributed by atoms with E-state index in [0.29, 0.717) is 0 Å². The average Bonchev–Trinajstić information content (AvgIpc) is 1.92. The van der Waals surface area contributed by atoms with Crippen LogP contribution in [-0.4, -0.2) is 12.2 Å². The Bertz CT molecular complexity index is 74.0. The Kier molecular flexibility index (Phi) is 14.5. The van der Waals surface area contributed by atoms with Crippen molar-refractivity contribution in [2.45, 2.75) is 32.6 Å². The normalized spacial score (nSPS) is 7.90. The van der Waals surface area contributed by atoms with Crippen LogP contribution in [0.15, 0.2) is 0 Å². The van der Waals surface area contributed by atoms with Gasteiger partial charge < -0.3 is 9.90 Å². The summed E-state index contributed by atoms with van der Waals surface area (Å²) in [5.74, 6) is -0.932. The Labute approximate surface area is 68.0 Å². The van der Waals surface area contributed by atoms with Gasteiger partial charge in [0, 0.05) is 5.97 Å². The molecule has 0 aliphatic carbocycles. The smallest absolute Gasteiger partial charge is 0.0414 e. The van der Waals surface area contributed by atoms with Gasteiger partial charge in [-0.15, -0.1) is 0 Å². The molecular formula is C7H15O2S-. The summed E-state index contributed by atoms with van der Waals surface area (Å²) in [5.41, 5.74) is 0. The van der Waals surface area contributed by atoms with Gasteiger partial charge in [-0.3, -0.25) is 0 Å². The summed E-state index contributed by atoms with van der Waals surface area (Å²) in [6.07, 6.45) is 4.73. The summed E-state index contributed by atoms with van der Waals surface area (Å²) < 4.78 is 0. The average molecular weight is 163 g/mol. The van der Waals surface area contributed by atoms with Crippen molar-refractivity contribution < 1.29 is 9.90 Å². The lowest BCUT2D eigenvalue weighted by molar-refractivity contribution is -0.305. The molecule has 0 fully saturated rings. The number of thiol groups is 1. The number of hydrogen-bond donors (Lipinski definition) is 1. The van der Waals surface area contributed by atoms with Gasteiger partial charge >= 0.3 is 0 Å². The fraction of sp³-hybridized carbons (Fsp3) is 0.857. The summed E-state index contributed by atoms with van der Waals surface area (Å²) >= 11 is 3.53. The molecule has 0 aromatic heterocycles. The fourth-order valence-electron chi connectivity index (χ4n) is 0.519. The van der Waals surface area contributed by atoms with Crippen LogP contribution < -0.4 is 5.11 Å². The molecule has 0 aromatic rings. The third-order valence-electron chi connectivity index (χ3n) is 0.984. The minimum absolute atomic E-state index is 0.216. The van der Waals surface area contributed by atoms with E-state index in [0.717, 1.165) is 19.3 Å². The quantitative estimate of drug-likeness (QED) is 0.493. The lowest BCUT2D eigenvalue weighted by atomic mass is 10.2. The van der Waals surface area contributed by atoms with E-state index in [-0.39, 0.29) is 6.42 Å². The molecule has 0 bridgehead atoms. The van der Waals surface area contributed by atoms with E-state index in [2.05, 4.69) is 12.6 Å². The number of hydrogen-bond acceptors (Lipinski definition) is 3. The van der Waals surface area contributed by atoms with Crippen LogP contribution in [0.25, 0.3) is 0 Å². The van der Waals surface area contributed by atoms with Crippen molar-refractivity contribution in [1.82, 2.24) is 0 Å². The first kappa shape index (κ1) is 12.5. The van der Waals surface area contributed by atoms with E-state index >= 15 is 0 Å². The lowest BCUT2D eigenvalue weighted by Crippen LogP contribution is -2.21. The maximum Gasteiger partial charge on any atom is 0.0414 e. The zero-order valence-corrected chi connectivity index (χ0v) is 7.49. The maximum atomic E-state index is 9.76. The molecule has 0 saturated heterocycles. The monoisotopic (exact) mass is 163 g/mol. The van der Waals surface area contributed by atoms with E-state index in [1.165, 1.54) is 0 Å². The molecule has 0 heterocycles. The molecule has 3 heteroatoms. The third-order valence-corrected chi connectivity index (χ3v) is 0.984. The van der Waals surface area contributed by atoms with Crippen molar-refractivity contribution >= 4 is 18.6 Å². The molecule has 0 radical (unpaired) electrons. The minimum Gasteiger partial charge on any atom is -0.550 e. The van der Waals surface area contributed by atoms with E-state index in [9.17, 15) is 9.90 Å².